The van der Waals surface area contributed by atoms with E-state index in [4.69, 9.17) is 15.4 Å². The topological polar surface area (TPSA) is 43.4 Å². The molecule has 6 heteroatoms. The first-order chi connectivity index (χ1) is 8.86. The van der Waals surface area contributed by atoms with Crippen LogP contribution in [0.2, 0.25) is 0 Å². The van der Waals surface area contributed by atoms with E-state index in [1.165, 1.54) is 6.07 Å². The summed E-state index contributed by atoms with van der Waals surface area (Å²) in [5, 5.41) is 0. The smallest absolute Gasteiger partial charge is 0.261 e. The van der Waals surface area contributed by atoms with Gasteiger partial charge in [0.2, 0.25) is 0 Å². The van der Waals surface area contributed by atoms with Crippen molar-refractivity contribution in [3.8, 4) is 11.5 Å². The summed E-state index contributed by atoms with van der Waals surface area (Å²) in [7, 11) is 1.61. The standard InChI is InChI=1S/C13H10ClIO3S/c1-9-8-12(6-7-13(9)19(14,16)17)18-11-4-2-10(15)3-5-11/h2-8H,1H3. The normalized spacial score (nSPS) is 11.3. The maximum atomic E-state index is 11.3. The summed E-state index contributed by atoms with van der Waals surface area (Å²) in [6.45, 7) is 1.68. The molecule has 0 aromatic heterocycles. The SMILES string of the molecule is Cc1cc(Oc2ccc(I)cc2)ccc1S(=O)(=O)Cl. The largest absolute Gasteiger partial charge is 0.457 e. The highest BCUT2D eigenvalue weighted by Gasteiger charge is 2.13. The van der Waals surface area contributed by atoms with Gasteiger partial charge in [-0.1, -0.05) is 0 Å². The molecule has 2 rings (SSSR count). The van der Waals surface area contributed by atoms with E-state index < -0.39 is 9.05 Å². The average molecular weight is 409 g/mol. The maximum Gasteiger partial charge on any atom is 0.261 e. The minimum atomic E-state index is -3.71. The van der Waals surface area contributed by atoms with Gasteiger partial charge in [-0.05, 0) is 77.5 Å². The molecular formula is C13H10ClIO3S. The Kier molecular flexibility index (Phi) is 4.37. The van der Waals surface area contributed by atoms with Gasteiger partial charge in [0.25, 0.3) is 9.05 Å². The van der Waals surface area contributed by atoms with Gasteiger partial charge in [0, 0.05) is 14.3 Å². The third-order valence-electron chi connectivity index (χ3n) is 2.46. The van der Waals surface area contributed by atoms with Crippen LogP contribution in [-0.4, -0.2) is 8.42 Å². The van der Waals surface area contributed by atoms with E-state index in [9.17, 15) is 8.42 Å². The summed E-state index contributed by atoms with van der Waals surface area (Å²) in [5.74, 6) is 1.27. The van der Waals surface area contributed by atoms with Crippen molar-refractivity contribution < 1.29 is 13.2 Å². The molecule has 19 heavy (non-hydrogen) atoms. The van der Waals surface area contributed by atoms with Gasteiger partial charge in [-0.15, -0.1) is 0 Å². The zero-order valence-corrected chi connectivity index (χ0v) is 13.7. The van der Waals surface area contributed by atoms with Crippen LogP contribution in [0.15, 0.2) is 47.4 Å². The minimum absolute atomic E-state index is 0.101. The lowest BCUT2D eigenvalue weighted by molar-refractivity contribution is 0.481. The van der Waals surface area contributed by atoms with Crippen LogP contribution < -0.4 is 4.74 Å². The predicted octanol–water partition coefficient (Wildman–Crippen LogP) is 4.32. The molecule has 100 valence electrons. The Balaban J connectivity index is 2.28. The maximum absolute atomic E-state index is 11.3. The molecule has 0 unspecified atom stereocenters. The lowest BCUT2D eigenvalue weighted by atomic mass is 10.2. The van der Waals surface area contributed by atoms with Gasteiger partial charge in [-0.25, -0.2) is 8.42 Å². The van der Waals surface area contributed by atoms with E-state index in [0.29, 0.717) is 17.1 Å². The van der Waals surface area contributed by atoms with Gasteiger partial charge in [-0.2, -0.15) is 0 Å². The first-order valence-corrected chi connectivity index (χ1v) is 8.74. The fourth-order valence-corrected chi connectivity index (χ4v) is 3.15. The number of aryl methyl sites for hydroxylation is 1. The third-order valence-corrected chi connectivity index (χ3v) is 4.66. The summed E-state index contributed by atoms with van der Waals surface area (Å²) in [5.41, 5.74) is 0.554. The zero-order chi connectivity index (χ0) is 14.0. The fourth-order valence-electron chi connectivity index (χ4n) is 1.60. The summed E-state index contributed by atoms with van der Waals surface area (Å²) in [6.07, 6.45) is 0. The molecule has 0 radical (unpaired) electrons. The zero-order valence-electron chi connectivity index (χ0n) is 9.93. The molecule has 0 aliphatic rings. The lowest BCUT2D eigenvalue weighted by Crippen LogP contribution is -1.95. The highest BCUT2D eigenvalue weighted by atomic mass is 127. The number of hydrogen-bond donors (Lipinski definition) is 0. The fraction of sp³-hybridized carbons (Fsp3) is 0.0769. The van der Waals surface area contributed by atoms with Crippen molar-refractivity contribution in [1.82, 2.24) is 0 Å². The van der Waals surface area contributed by atoms with Gasteiger partial charge in [0.1, 0.15) is 11.5 Å². The molecule has 0 bridgehead atoms. The monoisotopic (exact) mass is 408 g/mol. The molecule has 0 fully saturated rings. The Morgan fingerprint density at radius 1 is 1.05 bits per heavy atom. The van der Waals surface area contributed by atoms with Gasteiger partial charge in [-0.3, -0.25) is 0 Å². The molecule has 2 aromatic carbocycles. The highest BCUT2D eigenvalue weighted by molar-refractivity contribution is 14.1. The first-order valence-electron chi connectivity index (χ1n) is 5.35. The van der Waals surface area contributed by atoms with Crippen molar-refractivity contribution in [1.29, 1.82) is 0 Å². The Labute approximate surface area is 130 Å². The second kappa shape index (κ2) is 5.68. The Morgan fingerprint density at radius 3 is 2.16 bits per heavy atom. The Morgan fingerprint density at radius 2 is 1.63 bits per heavy atom. The van der Waals surface area contributed by atoms with E-state index in [-0.39, 0.29) is 4.90 Å². The minimum Gasteiger partial charge on any atom is -0.457 e. The van der Waals surface area contributed by atoms with Crippen LogP contribution in [0.25, 0.3) is 0 Å². The second-order valence-corrected chi connectivity index (χ2v) is 7.70. The average Bonchev–Trinajstić information content (AvgIpc) is 2.30. The number of ether oxygens (including phenoxy) is 1. The van der Waals surface area contributed by atoms with Crippen LogP contribution in [-0.2, 0) is 9.05 Å². The molecule has 0 heterocycles. The lowest BCUT2D eigenvalue weighted by Gasteiger charge is -2.08. The molecule has 0 saturated heterocycles. The first kappa shape index (κ1) is 14.6. The summed E-state index contributed by atoms with van der Waals surface area (Å²) in [4.78, 5) is 0.101. The van der Waals surface area contributed by atoms with Crippen LogP contribution in [0.4, 0.5) is 0 Å². The Bertz CT molecular complexity index is 696. The predicted molar refractivity (Wildman–Crippen MR) is 83.5 cm³/mol. The molecule has 0 aliphatic carbocycles. The van der Waals surface area contributed by atoms with Gasteiger partial charge >= 0.3 is 0 Å². The highest BCUT2D eigenvalue weighted by Crippen LogP contribution is 2.27. The number of benzene rings is 2. The van der Waals surface area contributed by atoms with Crippen LogP contribution in [0.5, 0.6) is 11.5 Å². The number of hydrogen-bond acceptors (Lipinski definition) is 3. The van der Waals surface area contributed by atoms with Crippen molar-refractivity contribution in [3.63, 3.8) is 0 Å². The van der Waals surface area contributed by atoms with Gasteiger partial charge < -0.3 is 4.74 Å². The van der Waals surface area contributed by atoms with Crippen molar-refractivity contribution in [2.75, 3.05) is 0 Å². The molecule has 0 saturated carbocycles. The van der Waals surface area contributed by atoms with Gasteiger partial charge in [0.05, 0.1) is 4.90 Å². The van der Waals surface area contributed by atoms with Crippen molar-refractivity contribution in [2.45, 2.75) is 11.8 Å². The van der Waals surface area contributed by atoms with E-state index in [1.54, 1.807) is 19.1 Å². The molecule has 0 aliphatic heterocycles. The number of rotatable bonds is 3. The third kappa shape index (κ3) is 3.84. The van der Waals surface area contributed by atoms with Crippen LogP contribution >= 0.6 is 33.3 Å². The van der Waals surface area contributed by atoms with Crippen molar-refractivity contribution in [3.05, 3.63) is 51.6 Å². The van der Waals surface area contributed by atoms with E-state index in [2.05, 4.69) is 22.6 Å². The molecular weight excluding hydrogens is 399 g/mol. The summed E-state index contributed by atoms with van der Waals surface area (Å²) < 4.78 is 29.3. The Hall–Kier alpha value is -0.790. The molecule has 0 atom stereocenters. The van der Waals surface area contributed by atoms with Crippen LogP contribution in [0.1, 0.15) is 5.56 Å². The summed E-state index contributed by atoms with van der Waals surface area (Å²) in [6, 6.07) is 12.2. The molecule has 3 nitrogen and oxygen atoms in total. The van der Waals surface area contributed by atoms with Crippen LogP contribution in [0, 0.1) is 10.5 Å². The summed E-state index contributed by atoms with van der Waals surface area (Å²) >= 11 is 2.21. The van der Waals surface area contributed by atoms with E-state index in [1.807, 2.05) is 24.3 Å². The van der Waals surface area contributed by atoms with Crippen LogP contribution in [0.3, 0.4) is 0 Å². The van der Waals surface area contributed by atoms with E-state index >= 15 is 0 Å². The van der Waals surface area contributed by atoms with Crippen molar-refractivity contribution >= 4 is 42.3 Å². The molecule has 0 amide bonds. The second-order valence-electron chi connectivity index (χ2n) is 3.92. The van der Waals surface area contributed by atoms with Gasteiger partial charge in [0.15, 0.2) is 0 Å². The van der Waals surface area contributed by atoms with E-state index in [0.717, 1.165) is 3.57 Å². The number of halogens is 2. The molecule has 0 spiro atoms. The molecule has 0 N–H and O–H groups in total. The molecule has 2 aromatic rings. The van der Waals surface area contributed by atoms with Crippen molar-refractivity contribution in [2.24, 2.45) is 0 Å². The quantitative estimate of drug-likeness (QED) is 0.561.